The number of hydrogen-bond donors (Lipinski definition) is 0. The molecule has 2 fully saturated rings. The summed E-state index contributed by atoms with van der Waals surface area (Å²) in [4.78, 5) is 5.28. The molecular formula is C18H36N2. The smallest absolute Gasteiger partial charge is 0.0106 e. The highest BCUT2D eigenvalue weighted by Crippen LogP contribution is 2.46. The highest BCUT2D eigenvalue weighted by atomic mass is 15.2. The second-order valence-electron chi connectivity index (χ2n) is 8.08. The van der Waals surface area contributed by atoms with Crippen molar-refractivity contribution in [2.24, 2.45) is 11.3 Å². The summed E-state index contributed by atoms with van der Waals surface area (Å²) in [7, 11) is 2.26. The lowest BCUT2D eigenvalue weighted by Gasteiger charge is -2.52. The van der Waals surface area contributed by atoms with Crippen LogP contribution in [0.4, 0.5) is 0 Å². The molecule has 1 aliphatic heterocycles. The predicted octanol–water partition coefficient (Wildman–Crippen LogP) is 4.01. The molecule has 0 atom stereocenters. The van der Waals surface area contributed by atoms with Gasteiger partial charge in [0, 0.05) is 12.1 Å². The van der Waals surface area contributed by atoms with Crippen molar-refractivity contribution < 1.29 is 0 Å². The lowest BCUT2D eigenvalue weighted by molar-refractivity contribution is -0.0142. The van der Waals surface area contributed by atoms with Crippen molar-refractivity contribution >= 4 is 0 Å². The molecular weight excluding hydrogens is 244 g/mol. The average molecular weight is 281 g/mol. The summed E-state index contributed by atoms with van der Waals surface area (Å²) in [6.45, 7) is 13.4. The van der Waals surface area contributed by atoms with Gasteiger partial charge in [0.25, 0.3) is 0 Å². The molecule has 2 nitrogen and oxygen atoms in total. The van der Waals surface area contributed by atoms with Crippen LogP contribution in [-0.2, 0) is 0 Å². The SMILES string of the molecule is CCC1CCN(C2CC(C)(CCN(C)C(C)C)C2)CC1. The fraction of sp³-hybridized carbons (Fsp3) is 1.00. The van der Waals surface area contributed by atoms with Gasteiger partial charge >= 0.3 is 0 Å². The molecule has 0 amide bonds. The van der Waals surface area contributed by atoms with E-state index < -0.39 is 0 Å². The molecule has 0 aromatic carbocycles. The van der Waals surface area contributed by atoms with Gasteiger partial charge in [0.2, 0.25) is 0 Å². The molecule has 0 radical (unpaired) electrons. The molecule has 0 bridgehead atoms. The Morgan fingerprint density at radius 1 is 1.20 bits per heavy atom. The van der Waals surface area contributed by atoms with Gasteiger partial charge in [-0.05, 0) is 84.0 Å². The van der Waals surface area contributed by atoms with E-state index in [0.717, 1.165) is 12.0 Å². The summed E-state index contributed by atoms with van der Waals surface area (Å²) in [5, 5.41) is 0. The van der Waals surface area contributed by atoms with Gasteiger partial charge in [-0.25, -0.2) is 0 Å². The van der Waals surface area contributed by atoms with Gasteiger partial charge in [0.1, 0.15) is 0 Å². The third-order valence-electron chi connectivity index (χ3n) is 6.15. The molecule has 2 heteroatoms. The summed E-state index contributed by atoms with van der Waals surface area (Å²) in [6, 6.07) is 1.59. The molecule has 1 saturated carbocycles. The van der Waals surface area contributed by atoms with E-state index in [1.54, 1.807) is 0 Å². The largest absolute Gasteiger partial charge is 0.304 e. The van der Waals surface area contributed by atoms with E-state index in [-0.39, 0.29) is 0 Å². The molecule has 0 N–H and O–H groups in total. The third kappa shape index (κ3) is 3.98. The molecule has 0 spiro atoms. The van der Waals surface area contributed by atoms with Gasteiger partial charge in [-0.3, -0.25) is 0 Å². The number of likely N-dealkylation sites (tertiary alicyclic amines) is 1. The minimum atomic E-state index is 0.620. The first-order valence-corrected chi connectivity index (χ1v) is 8.88. The minimum Gasteiger partial charge on any atom is -0.304 e. The van der Waals surface area contributed by atoms with Crippen molar-refractivity contribution in [1.82, 2.24) is 9.80 Å². The van der Waals surface area contributed by atoms with Crippen molar-refractivity contribution in [3.05, 3.63) is 0 Å². The lowest BCUT2D eigenvalue weighted by atomic mass is 9.64. The maximum atomic E-state index is 2.79. The van der Waals surface area contributed by atoms with E-state index >= 15 is 0 Å². The summed E-state index contributed by atoms with van der Waals surface area (Å²) in [6.07, 6.45) is 8.53. The Kier molecular flexibility index (Phi) is 5.53. The molecule has 20 heavy (non-hydrogen) atoms. The van der Waals surface area contributed by atoms with Crippen LogP contribution >= 0.6 is 0 Å². The first-order chi connectivity index (χ1) is 9.43. The fourth-order valence-corrected chi connectivity index (χ4v) is 3.97. The molecule has 0 unspecified atom stereocenters. The van der Waals surface area contributed by atoms with Gasteiger partial charge in [-0.2, -0.15) is 0 Å². The van der Waals surface area contributed by atoms with Crippen LogP contribution < -0.4 is 0 Å². The topological polar surface area (TPSA) is 6.48 Å². The second-order valence-corrected chi connectivity index (χ2v) is 8.08. The normalized spacial score (nSPS) is 32.9. The summed E-state index contributed by atoms with van der Waals surface area (Å²) in [5.74, 6) is 1.01. The highest BCUT2D eigenvalue weighted by molar-refractivity contribution is 4.97. The molecule has 118 valence electrons. The predicted molar refractivity (Wildman–Crippen MR) is 88.1 cm³/mol. The number of piperidine rings is 1. The molecule has 2 aliphatic rings. The first kappa shape index (κ1) is 16.3. The Morgan fingerprint density at radius 3 is 2.30 bits per heavy atom. The van der Waals surface area contributed by atoms with Crippen LogP contribution in [0.25, 0.3) is 0 Å². The van der Waals surface area contributed by atoms with Crippen LogP contribution in [0.2, 0.25) is 0 Å². The molecule has 2 rings (SSSR count). The maximum Gasteiger partial charge on any atom is 0.0106 e. The second kappa shape index (κ2) is 6.79. The quantitative estimate of drug-likeness (QED) is 0.725. The van der Waals surface area contributed by atoms with Crippen LogP contribution in [0.5, 0.6) is 0 Å². The summed E-state index contributed by atoms with van der Waals surface area (Å²) in [5.41, 5.74) is 0.620. The number of nitrogens with zero attached hydrogens (tertiary/aromatic N) is 2. The Labute approximate surface area is 126 Å². The van der Waals surface area contributed by atoms with E-state index in [4.69, 9.17) is 0 Å². The van der Waals surface area contributed by atoms with Crippen LogP contribution in [0.3, 0.4) is 0 Å². The lowest BCUT2D eigenvalue weighted by Crippen LogP contribution is -2.52. The van der Waals surface area contributed by atoms with Gasteiger partial charge in [-0.1, -0.05) is 20.3 Å². The van der Waals surface area contributed by atoms with Gasteiger partial charge in [0.15, 0.2) is 0 Å². The molecule has 1 heterocycles. The Morgan fingerprint density at radius 2 is 1.80 bits per heavy atom. The van der Waals surface area contributed by atoms with Gasteiger partial charge in [0.05, 0.1) is 0 Å². The van der Waals surface area contributed by atoms with Crippen molar-refractivity contribution in [2.45, 2.75) is 78.3 Å². The minimum absolute atomic E-state index is 0.620. The molecule has 1 aliphatic carbocycles. The molecule has 0 aromatic heterocycles. The van der Waals surface area contributed by atoms with Crippen molar-refractivity contribution in [1.29, 1.82) is 0 Å². The van der Waals surface area contributed by atoms with E-state index in [1.165, 1.54) is 58.2 Å². The third-order valence-corrected chi connectivity index (χ3v) is 6.15. The zero-order valence-electron chi connectivity index (χ0n) is 14.5. The van der Waals surface area contributed by atoms with Crippen LogP contribution in [-0.4, -0.2) is 48.6 Å². The zero-order valence-corrected chi connectivity index (χ0v) is 14.5. The zero-order chi connectivity index (χ0) is 14.8. The fourth-order valence-electron chi connectivity index (χ4n) is 3.97. The monoisotopic (exact) mass is 280 g/mol. The Bertz CT molecular complexity index is 286. The van der Waals surface area contributed by atoms with Crippen molar-refractivity contribution in [2.75, 3.05) is 26.7 Å². The number of hydrogen-bond acceptors (Lipinski definition) is 2. The molecule has 0 aromatic rings. The average Bonchev–Trinajstić information content (AvgIpc) is 2.41. The number of rotatable bonds is 6. The molecule has 1 saturated heterocycles. The Hall–Kier alpha value is -0.0800. The summed E-state index contributed by atoms with van der Waals surface area (Å²) >= 11 is 0. The van der Waals surface area contributed by atoms with E-state index in [0.29, 0.717) is 11.5 Å². The Balaban J connectivity index is 1.68. The standard InChI is InChI=1S/C18H36N2/c1-6-16-7-10-20(11-8-16)17-13-18(4,14-17)9-12-19(5)15(2)3/h15-17H,6-14H2,1-5H3. The van der Waals surface area contributed by atoms with Gasteiger partial charge in [-0.15, -0.1) is 0 Å². The van der Waals surface area contributed by atoms with E-state index in [1.807, 2.05) is 0 Å². The van der Waals surface area contributed by atoms with E-state index in [2.05, 4.69) is 44.5 Å². The first-order valence-electron chi connectivity index (χ1n) is 8.88. The van der Waals surface area contributed by atoms with Crippen LogP contribution in [0.1, 0.15) is 66.2 Å². The van der Waals surface area contributed by atoms with Gasteiger partial charge < -0.3 is 9.80 Å². The van der Waals surface area contributed by atoms with Crippen molar-refractivity contribution in [3.8, 4) is 0 Å². The van der Waals surface area contributed by atoms with Crippen LogP contribution in [0.15, 0.2) is 0 Å². The summed E-state index contributed by atoms with van der Waals surface area (Å²) < 4.78 is 0. The maximum absolute atomic E-state index is 2.79. The highest BCUT2D eigenvalue weighted by Gasteiger charge is 2.43. The van der Waals surface area contributed by atoms with Crippen LogP contribution in [0, 0.1) is 11.3 Å². The van der Waals surface area contributed by atoms with Crippen molar-refractivity contribution in [3.63, 3.8) is 0 Å². The van der Waals surface area contributed by atoms with E-state index in [9.17, 15) is 0 Å².